The number of rotatable bonds is 5. The number of anilines is 1. The van der Waals surface area contributed by atoms with E-state index in [2.05, 4.69) is 40.7 Å². The van der Waals surface area contributed by atoms with Crippen LogP contribution in [0, 0.1) is 5.92 Å². The van der Waals surface area contributed by atoms with Gasteiger partial charge in [-0.05, 0) is 22.8 Å². The Hall–Kier alpha value is -2.62. The molecule has 1 N–H and O–H groups in total. The third kappa shape index (κ3) is 3.42. The summed E-state index contributed by atoms with van der Waals surface area (Å²) in [5, 5.41) is 9.78. The molecule has 1 amide bonds. The lowest BCUT2D eigenvalue weighted by molar-refractivity contribution is -0.119. The molecule has 0 radical (unpaired) electrons. The highest BCUT2D eigenvalue weighted by atomic mass is 16.1. The van der Waals surface area contributed by atoms with Gasteiger partial charge in [-0.1, -0.05) is 56.3 Å². The molecule has 0 fully saturated rings. The van der Waals surface area contributed by atoms with Gasteiger partial charge in [-0.15, -0.1) is 0 Å². The van der Waals surface area contributed by atoms with Gasteiger partial charge in [0.1, 0.15) is 0 Å². The number of benzene rings is 2. The second kappa shape index (κ2) is 6.65. The highest BCUT2D eigenvalue weighted by Crippen LogP contribution is 2.19. The smallest absolute Gasteiger partial charge is 0.228 e. The maximum absolute atomic E-state index is 11.9. The summed E-state index contributed by atoms with van der Waals surface area (Å²) in [6.07, 6.45) is 2.72. The Bertz CT molecular complexity index is 817. The summed E-state index contributed by atoms with van der Waals surface area (Å²) in [6.45, 7) is 4.60. The van der Waals surface area contributed by atoms with Gasteiger partial charge in [0.05, 0.1) is 6.54 Å². The second-order valence-corrected chi connectivity index (χ2v) is 5.84. The Balaban J connectivity index is 1.77. The van der Waals surface area contributed by atoms with Crippen LogP contribution in [-0.2, 0) is 11.3 Å². The van der Waals surface area contributed by atoms with E-state index < -0.39 is 0 Å². The molecule has 4 heteroatoms. The number of nitrogens with one attached hydrogen (secondary N) is 1. The quantitative estimate of drug-likeness (QED) is 0.772. The van der Waals surface area contributed by atoms with Crippen LogP contribution in [-0.4, -0.2) is 15.7 Å². The van der Waals surface area contributed by atoms with Crippen LogP contribution in [0.3, 0.4) is 0 Å². The Kier molecular flexibility index (Phi) is 4.42. The molecule has 0 saturated carbocycles. The Morgan fingerprint density at radius 3 is 2.78 bits per heavy atom. The monoisotopic (exact) mass is 307 g/mol. The van der Waals surface area contributed by atoms with Crippen molar-refractivity contribution in [2.75, 3.05) is 5.32 Å². The summed E-state index contributed by atoms with van der Waals surface area (Å²) in [7, 11) is 0. The zero-order chi connectivity index (χ0) is 16.2. The van der Waals surface area contributed by atoms with Gasteiger partial charge in [0.15, 0.2) is 5.82 Å². The van der Waals surface area contributed by atoms with E-state index in [1.165, 1.54) is 16.3 Å². The van der Waals surface area contributed by atoms with Crippen LogP contribution in [0.5, 0.6) is 0 Å². The third-order valence-corrected chi connectivity index (χ3v) is 4.16. The Morgan fingerprint density at radius 1 is 1.17 bits per heavy atom. The van der Waals surface area contributed by atoms with Gasteiger partial charge in [-0.25, -0.2) is 0 Å². The molecule has 1 aromatic heterocycles. The van der Waals surface area contributed by atoms with Gasteiger partial charge in [0.2, 0.25) is 5.91 Å². The fraction of sp³-hybridized carbons (Fsp3) is 0.263. The number of carbonyl (C=O) groups excluding carboxylic acids is 1. The molecular formula is C19H21N3O. The van der Waals surface area contributed by atoms with Gasteiger partial charge >= 0.3 is 0 Å². The van der Waals surface area contributed by atoms with Crippen molar-refractivity contribution in [3.05, 3.63) is 60.3 Å². The minimum absolute atomic E-state index is 0.00165. The van der Waals surface area contributed by atoms with Crippen LogP contribution >= 0.6 is 0 Å². The number of hydrogen-bond donors (Lipinski definition) is 1. The van der Waals surface area contributed by atoms with Gasteiger partial charge in [-0.3, -0.25) is 9.48 Å². The van der Waals surface area contributed by atoms with Crippen LogP contribution in [0.2, 0.25) is 0 Å². The maximum Gasteiger partial charge on any atom is 0.228 e. The molecule has 0 saturated heterocycles. The molecule has 2 aromatic carbocycles. The standard InChI is InChI=1S/C19H21N3O/c1-3-14(2)19(23)20-18-11-12-22(21-18)13-16-9-6-8-15-7-4-5-10-17(15)16/h4-12,14H,3,13H2,1-2H3,(H,20,21,23). The summed E-state index contributed by atoms with van der Waals surface area (Å²) < 4.78 is 1.86. The normalized spacial score (nSPS) is 12.3. The lowest BCUT2D eigenvalue weighted by atomic mass is 10.0. The molecule has 3 rings (SSSR count). The van der Waals surface area contributed by atoms with E-state index in [0.717, 1.165) is 6.42 Å². The van der Waals surface area contributed by atoms with Crippen molar-refractivity contribution in [2.45, 2.75) is 26.8 Å². The van der Waals surface area contributed by atoms with E-state index in [1.807, 2.05) is 42.9 Å². The first-order chi connectivity index (χ1) is 11.2. The lowest BCUT2D eigenvalue weighted by Crippen LogP contribution is -2.20. The molecule has 0 aliphatic rings. The molecule has 0 bridgehead atoms. The number of aromatic nitrogens is 2. The lowest BCUT2D eigenvalue weighted by Gasteiger charge is -2.08. The van der Waals surface area contributed by atoms with Crippen molar-refractivity contribution in [1.82, 2.24) is 9.78 Å². The van der Waals surface area contributed by atoms with Crippen molar-refractivity contribution in [2.24, 2.45) is 5.92 Å². The van der Waals surface area contributed by atoms with Crippen molar-refractivity contribution in [1.29, 1.82) is 0 Å². The van der Waals surface area contributed by atoms with Crippen LogP contribution in [0.15, 0.2) is 54.7 Å². The Morgan fingerprint density at radius 2 is 1.96 bits per heavy atom. The number of amides is 1. The number of nitrogens with zero attached hydrogens (tertiary/aromatic N) is 2. The van der Waals surface area contributed by atoms with Crippen molar-refractivity contribution < 1.29 is 4.79 Å². The summed E-state index contributed by atoms with van der Waals surface area (Å²) in [6, 6.07) is 16.5. The van der Waals surface area contributed by atoms with Crippen LogP contribution in [0.25, 0.3) is 10.8 Å². The molecule has 3 aromatic rings. The predicted octanol–water partition coefficient (Wildman–Crippen LogP) is 4.07. The minimum atomic E-state index is -0.00165. The van der Waals surface area contributed by atoms with Crippen molar-refractivity contribution in [3.8, 4) is 0 Å². The van der Waals surface area contributed by atoms with Crippen LogP contribution < -0.4 is 5.32 Å². The molecule has 4 nitrogen and oxygen atoms in total. The molecule has 23 heavy (non-hydrogen) atoms. The average molecular weight is 307 g/mol. The van der Waals surface area contributed by atoms with Gasteiger partial charge < -0.3 is 5.32 Å². The fourth-order valence-corrected chi connectivity index (χ4v) is 2.56. The largest absolute Gasteiger partial charge is 0.309 e. The summed E-state index contributed by atoms with van der Waals surface area (Å²) in [5.74, 6) is 0.622. The molecule has 0 aliphatic carbocycles. The van der Waals surface area contributed by atoms with E-state index >= 15 is 0 Å². The minimum Gasteiger partial charge on any atom is -0.309 e. The van der Waals surface area contributed by atoms with Gasteiger partial charge in [-0.2, -0.15) is 5.10 Å². The zero-order valence-electron chi connectivity index (χ0n) is 13.5. The summed E-state index contributed by atoms with van der Waals surface area (Å²) in [4.78, 5) is 11.9. The molecule has 118 valence electrons. The summed E-state index contributed by atoms with van der Waals surface area (Å²) in [5.41, 5.74) is 1.21. The average Bonchev–Trinajstić information content (AvgIpc) is 3.01. The first-order valence-corrected chi connectivity index (χ1v) is 7.98. The van der Waals surface area contributed by atoms with E-state index in [0.29, 0.717) is 12.4 Å². The van der Waals surface area contributed by atoms with Crippen molar-refractivity contribution in [3.63, 3.8) is 0 Å². The Labute approximate surface area is 136 Å². The second-order valence-electron chi connectivity index (χ2n) is 5.84. The zero-order valence-corrected chi connectivity index (χ0v) is 13.5. The first-order valence-electron chi connectivity index (χ1n) is 7.98. The predicted molar refractivity (Wildman–Crippen MR) is 93.4 cm³/mol. The third-order valence-electron chi connectivity index (χ3n) is 4.16. The van der Waals surface area contributed by atoms with Crippen molar-refractivity contribution >= 4 is 22.5 Å². The first kappa shape index (κ1) is 15.3. The summed E-state index contributed by atoms with van der Waals surface area (Å²) >= 11 is 0. The molecule has 1 heterocycles. The molecule has 1 unspecified atom stereocenters. The van der Waals surface area contributed by atoms with E-state index in [1.54, 1.807) is 0 Å². The highest BCUT2D eigenvalue weighted by molar-refractivity contribution is 5.91. The van der Waals surface area contributed by atoms with Gasteiger partial charge in [0, 0.05) is 18.2 Å². The number of carbonyl (C=O) groups is 1. The highest BCUT2D eigenvalue weighted by Gasteiger charge is 2.12. The van der Waals surface area contributed by atoms with E-state index in [4.69, 9.17) is 0 Å². The van der Waals surface area contributed by atoms with Gasteiger partial charge in [0.25, 0.3) is 0 Å². The molecule has 1 atom stereocenters. The molecular weight excluding hydrogens is 286 g/mol. The van der Waals surface area contributed by atoms with Crippen LogP contribution in [0.1, 0.15) is 25.8 Å². The van der Waals surface area contributed by atoms with E-state index in [-0.39, 0.29) is 11.8 Å². The molecule has 0 spiro atoms. The fourth-order valence-electron chi connectivity index (χ4n) is 2.56. The maximum atomic E-state index is 11.9. The topological polar surface area (TPSA) is 46.9 Å². The molecule has 0 aliphatic heterocycles. The van der Waals surface area contributed by atoms with Crippen LogP contribution in [0.4, 0.5) is 5.82 Å². The SMILES string of the molecule is CCC(C)C(=O)Nc1ccn(Cc2cccc3ccccc23)n1. The van der Waals surface area contributed by atoms with E-state index in [9.17, 15) is 4.79 Å². The number of hydrogen-bond acceptors (Lipinski definition) is 2. The number of fused-ring (bicyclic) bond motifs is 1.